The van der Waals surface area contributed by atoms with Gasteiger partial charge in [0.15, 0.2) is 0 Å². The van der Waals surface area contributed by atoms with Crippen LogP contribution < -0.4 is 0 Å². The molecule has 2 bridgehead atoms. The zero-order valence-corrected chi connectivity index (χ0v) is 12.2. The highest BCUT2D eigenvalue weighted by molar-refractivity contribution is 5.02. The Hall–Kier alpha value is -0.870. The highest BCUT2D eigenvalue weighted by Crippen LogP contribution is 2.39. The molecule has 2 aliphatic rings. The summed E-state index contributed by atoms with van der Waals surface area (Å²) in [5.74, 6) is 1.47. The second-order valence-corrected chi connectivity index (χ2v) is 6.44. The van der Waals surface area contributed by atoms with E-state index in [1.165, 1.54) is 31.5 Å². The van der Waals surface area contributed by atoms with E-state index in [1.807, 2.05) is 24.1 Å². The Morgan fingerprint density at radius 2 is 2.00 bits per heavy atom. The molecule has 0 N–H and O–H groups in total. The van der Waals surface area contributed by atoms with Crippen LogP contribution in [0.2, 0.25) is 0 Å². The molecule has 3 atom stereocenters. The molecule has 4 heteroatoms. The van der Waals surface area contributed by atoms with Crippen LogP contribution in [0.5, 0.6) is 0 Å². The van der Waals surface area contributed by atoms with Gasteiger partial charge in [0.25, 0.3) is 0 Å². The molecular weight excluding hydrogens is 238 g/mol. The van der Waals surface area contributed by atoms with Crippen LogP contribution in [0, 0.1) is 11.8 Å². The van der Waals surface area contributed by atoms with Crippen molar-refractivity contribution in [1.29, 1.82) is 0 Å². The van der Waals surface area contributed by atoms with Gasteiger partial charge < -0.3 is 9.64 Å². The van der Waals surface area contributed by atoms with Crippen molar-refractivity contribution in [3.05, 3.63) is 18.0 Å². The maximum absolute atomic E-state index is 6.22. The third-order valence-corrected chi connectivity index (χ3v) is 4.71. The number of hydrogen-bond donors (Lipinski definition) is 0. The van der Waals surface area contributed by atoms with E-state index in [0.717, 1.165) is 11.8 Å². The molecule has 2 fully saturated rings. The zero-order valence-electron chi connectivity index (χ0n) is 12.2. The van der Waals surface area contributed by atoms with Crippen LogP contribution in [-0.2, 0) is 18.4 Å². The summed E-state index contributed by atoms with van der Waals surface area (Å²) in [5.41, 5.74) is 1.19. The summed E-state index contributed by atoms with van der Waals surface area (Å²) in [4.78, 5) is 2.62. The van der Waals surface area contributed by atoms with Crippen LogP contribution in [0.15, 0.2) is 12.4 Å². The smallest absolute Gasteiger partial charge is 0.0751 e. The van der Waals surface area contributed by atoms with E-state index in [9.17, 15) is 0 Å². The molecule has 106 valence electrons. The van der Waals surface area contributed by atoms with Crippen molar-refractivity contribution in [2.45, 2.75) is 45.4 Å². The molecule has 1 aromatic rings. The molecule has 2 heterocycles. The third kappa shape index (κ3) is 2.70. The van der Waals surface area contributed by atoms with Gasteiger partial charge in [-0.1, -0.05) is 0 Å². The Kier molecular flexibility index (Phi) is 3.63. The van der Waals surface area contributed by atoms with E-state index in [2.05, 4.69) is 23.8 Å². The SMILES string of the molecule is CC(C)N1C[C@H]2CC[C@@H](C1)C2OCc1cnn(C)c1. The minimum atomic E-state index is 0.468. The number of nitrogens with zero attached hydrogens (tertiary/aromatic N) is 3. The van der Waals surface area contributed by atoms with Crippen molar-refractivity contribution in [3.8, 4) is 0 Å². The van der Waals surface area contributed by atoms with Crippen molar-refractivity contribution >= 4 is 0 Å². The fraction of sp³-hybridized carbons (Fsp3) is 0.800. The highest BCUT2D eigenvalue weighted by atomic mass is 16.5. The minimum Gasteiger partial charge on any atom is -0.373 e. The van der Waals surface area contributed by atoms with Crippen molar-refractivity contribution in [2.24, 2.45) is 18.9 Å². The zero-order chi connectivity index (χ0) is 13.4. The number of piperidine rings is 1. The van der Waals surface area contributed by atoms with E-state index < -0.39 is 0 Å². The second-order valence-electron chi connectivity index (χ2n) is 6.44. The first-order valence-electron chi connectivity index (χ1n) is 7.46. The van der Waals surface area contributed by atoms with E-state index >= 15 is 0 Å². The van der Waals surface area contributed by atoms with Gasteiger partial charge in [0.1, 0.15) is 0 Å². The van der Waals surface area contributed by atoms with Crippen molar-refractivity contribution < 1.29 is 4.74 Å². The van der Waals surface area contributed by atoms with Crippen molar-refractivity contribution in [1.82, 2.24) is 14.7 Å². The molecule has 1 aliphatic carbocycles. The molecule has 0 amide bonds. The third-order valence-electron chi connectivity index (χ3n) is 4.71. The molecular formula is C15H25N3O. The van der Waals surface area contributed by atoms with Gasteiger partial charge in [0.05, 0.1) is 18.9 Å². The maximum Gasteiger partial charge on any atom is 0.0751 e. The summed E-state index contributed by atoms with van der Waals surface area (Å²) in [5, 5.41) is 4.20. The number of ether oxygens (including phenoxy) is 1. The Balaban J connectivity index is 1.58. The molecule has 1 unspecified atom stereocenters. The fourth-order valence-corrected chi connectivity index (χ4v) is 3.64. The number of fused-ring (bicyclic) bond motifs is 2. The highest BCUT2D eigenvalue weighted by Gasteiger charge is 2.43. The van der Waals surface area contributed by atoms with Gasteiger partial charge in [0, 0.05) is 37.9 Å². The van der Waals surface area contributed by atoms with Gasteiger partial charge in [-0.3, -0.25) is 4.68 Å². The number of hydrogen-bond acceptors (Lipinski definition) is 3. The molecule has 1 aromatic heterocycles. The molecule has 19 heavy (non-hydrogen) atoms. The summed E-state index contributed by atoms with van der Waals surface area (Å²) >= 11 is 0. The van der Waals surface area contributed by atoms with E-state index in [4.69, 9.17) is 4.74 Å². The lowest BCUT2D eigenvalue weighted by Gasteiger charge is -2.39. The molecule has 0 aromatic carbocycles. The molecule has 3 rings (SSSR count). The number of likely N-dealkylation sites (tertiary alicyclic amines) is 1. The number of rotatable bonds is 4. The van der Waals surface area contributed by atoms with Crippen LogP contribution in [0.1, 0.15) is 32.3 Å². The largest absolute Gasteiger partial charge is 0.373 e. The average molecular weight is 263 g/mol. The quantitative estimate of drug-likeness (QED) is 0.833. The first kappa shape index (κ1) is 13.1. The first-order valence-corrected chi connectivity index (χ1v) is 7.46. The van der Waals surface area contributed by atoms with Gasteiger partial charge in [-0.25, -0.2) is 0 Å². The van der Waals surface area contributed by atoms with Gasteiger partial charge in [-0.05, 0) is 38.5 Å². The molecule has 1 saturated heterocycles. The monoisotopic (exact) mass is 263 g/mol. The van der Waals surface area contributed by atoms with Gasteiger partial charge >= 0.3 is 0 Å². The standard InChI is InChI=1S/C15H25N3O/c1-11(2)18-8-13-4-5-14(9-18)15(13)19-10-12-6-16-17(3)7-12/h6-7,11,13-15H,4-5,8-10H2,1-3H3/t13-,14+,15?. The molecule has 4 nitrogen and oxygen atoms in total. The lowest BCUT2D eigenvalue weighted by molar-refractivity contribution is -0.0564. The predicted molar refractivity (Wildman–Crippen MR) is 74.7 cm³/mol. The average Bonchev–Trinajstić information content (AvgIpc) is 2.87. The Morgan fingerprint density at radius 1 is 1.32 bits per heavy atom. The van der Waals surface area contributed by atoms with Gasteiger partial charge in [-0.2, -0.15) is 5.10 Å². The van der Waals surface area contributed by atoms with Crippen LogP contribution in [0.3, 0.4) is 0 Å². The van der Waals surface area contributed by atoms with Gasteiger partial charge in [-0.15, -0.1) is 0 Å². The molecule has 1 aliphatic heterocycles. The fourth-order valence-electron chi connectivity index (χ4n) is 3.64. The number of aryl methyl sites for hydroxylation is 1. The van der Waals surface area contributed by atoms with E-state index in [1.54, 1.807) is 0 Å². The van der Waals surface area contributed by atoms with E-state index in [-0.39, 0.29) is 0 Å². The normalized spacial score (nSPS) is 31.3. The van der Waals surface area contributed by atoms with Crippen LogP contribution in [0.25, 0.3) is 0 Å². The number of aromatic nitrogens is 2. The summed E-state index contributed by atoms with van der Waals surface area (Å²) in [6.07, 6.45) is 7.10. The van der Waals surface area contributed by atoms with Crippen LogP contribution in [-0.4, -0.2) is 39.9 Å². The maximum atomic E-state index is 6.22. The topological polar surface area (TPSA) is 30.3 Å². The van der Waals surface area contributed by atoms with Crippen molar-refractivity contribution in [2.75, 3.05) is 13.1 Å². The predicted octanol–water partition coefficient (Wildman–Crippen LogP) is 2.06. The Bertz CT molecular complexity index is 415. The Labute approximate surface area is 115 Å². The van der Waals surface area contributed by atoms with Crippen LogP contribution >= 0.6 is 0 Å². The molecule has 0 radical (unpaired) electrons. The lowest BCUT2D eigenvalue weighted by atomic mass is 9.94. The minimum absolute atomic E-state index is 0.468. The summed E-state index contributed by atoms with van der Waals surface area (Å²) in [7, 11) is 1.95. The van der Waals surface area contributed by atoms with Gasteiger partial charge in [0.2, 0.25) is 0 Å². The summed E-state index contributed by atoms with van der Waals surface area (Å²) in [6, 6.07) is 0.669. The van der Waals surface area contributed by atoms with Crippen LogP contribution in [0.4, 0.5) is 0 Å². The first-order chi connectivity index (χ1) is 9.13. The van der Waals surface area contributed by atoms with E-state index in [0.29, 0.717) is 18.8 Å². The summed E-state index contributed by atoms with van der Waals surface area (Å²) in [6.45, 7) is 7.75. The molecule has 1 saturated carbocycles. The van der Waals surface area contributed by atoms with Crippen molar-refractivity contribution in [3.63, 3.8) is 0 Å². The lowest BCUT2D eigenvalue weighted by Crippen LogP contribution is -2.48. The second kappa shape index (κ2) is 5.25. The summed E-state index contributed by atoms with van der Waals surface area (Å²) < 4.78 is 8.06. The molecule has 0 spiro atoms. The Morgan fingerprint density at radius 3 is 2.53 bits per heavy atom.